The molecule has 1 aromatic rings. The van der Waals surface area contributed by atoms with Crippen molar-refractivity contribution in [3.05, 3.63) is 22.4 Å². The van der Waals surface area contributed by atoms with E-state index in [1.165, 1.54) is 11.3 Å². The summed E-state index contributed by atoms with van der Waals surface area (Å²) in [6.07, 6.45) is 1.91. The van der Waals surface area contributed by atoms with Crippen LogP contribution in [0.3, 0.4) is 0 Å². The highest BCUT2D eigenvalue weighted by Gasteiger charge is 2.09. The van der Waals surface area contributed by atoms with E-state index in [-0.39, 0.29) is 5.78 Å². The molecule has 0 saturated carbocycles. The minimum Gasteiger partial charge on any atom is -0.383 e. The largest absolute Gasteiger partial charge is 0.383 e. The summed E-state index contributed by atoms with van der Waals surface area (Å²) in [5.74, 6) is 0.210. The molecule has 1 aromatic heterocycles. The number of methoxy groups -OCH3 is 1. The van der Waals surface area contributed by atoms with Crippen molar-refractivity contribution in [1.29, 1.82) is 5.26 Å². The topological polar surface area (TPSA) is 53.3 Å². The quantitative estimate of drug-likeness (QED) is 0.618. The van der Waals surface area contributed by atoms with E-state index in [0.717, 1.165) is 30.9 Å². The molecule has 0 radical (unpaired) electrons. The Balaban J connectivity index is 2.26. The number of ketones is 1. The van der Waals surface area contributed by atoms with Crippen LogP contribution in [0.4, 0.5) is 0 Å². The zero-order valence-electron chi connectivity index (χ0n) is 11.3. The van der Waals surface area contributed by atoms with Crippen LogP contribution < -0.4 is 0 Å². The predicted molar refractivity (Wildman–Crippen MR) is 76.4 cm³/mol. The van der Waals surface area contributed by atoms with Gasteiger partial charge in [0, 0.05) is 33.0 Å². The first-order valence-corrected chi connectivity index (χ1v) is 7.31. The third-order valence-corrected chi connectivity index (χ3v) is 3.74. The van der Waals surface area contributed by atoms with Gasteiger partial charge >= 0.3 is 0 Å². The van der Waals surface area contributed by atoms with Crippen LogP contribution >= 0.6 is 11.3 Å². The van der Waals surface area contributed by atoms with Crippen molar-refractivity contribution in [1.82, 2.24) is 4.90 Å². The lowest BCUT2D eigenvalue weighted by Crippen LogP contribution is -2.29. The van der Waals surface area contributed by atoms with Gasteiger partial charge in [0.25, 0.3) is 0 Å². The number of nitrogens with zero attached hydrogens (tertiary/aromatic N) is 2. The van der Waals surface area contributed by atoms with Crippen LogP contribution in [0.15, 0.2) is 17.5 Å². The monoisotopic (exact) mass is 280 g/mol. The molecule has 0 saturated heterocycles. The van der Waals surface area contributed by atoms with Crippen LogP contribution in [0.5, 0.6) is 0 Å². The van der Waals surface area contributed by atoms with Crippen molar-refractivity contribution in [2.45, 2.75) is 19.3 Å². The highest BCUT2D eigenvalue weighted by Crippen LogP contribution is 2.12. The molecule has 104 valence electrons. The van der Waals surface area contributed by atoms with Gasteiger partial charge in [-0.2, -0.15) is 5.26 Å². The number of nitriles is 1. The van der Waals surface area contributed by atoms with Gasteiger partial charge in [-0.1, -0.05) is 6.07 Å². The van der Waals surface area contributed by atoms with Gasteiger partial charge in [-0.3, -0.25) is 4.79 Å². The molecule has 19 heavy (non-hydrogen) atoms. The van der Waals surface area contributed by atoms with Crippen LogP contribution in [0.25, 0.3) is 0 Å². The Morgan fingerprint density at radius 3 is 2.95 bits per heavy atom. The normalized spacial score (nSPS) is 10.6. The summed E-state index contributed by atoms with van der Waals surface area (Å²) in [6, 6.07) is 5.91. The molecule has 0 aromatic carbocycles. The number of carbonyl (C=O) groups is 1. The smallest absolute Gasteiger partial charge is 0.172 e. The molecular formula is C14H20N2O2S. The fourth-order valence-corrected chi connectivity index (χ4v) is 2.48. The summed E-state index contributed by atoms with van der Waals surface area (Å²) >= 11 is 1.49. The lowest BCUT2D eigenvalue weighted by Gasteiger charge is -2.20. The molecule has 0 aliphatic heterocycles. The molecule has 0 spiro atoms. The number of Topliss-reactive ketones (excluding diaryl/α,β-unsaturated/α-hetero) is 1. The van der Waals surface area contributed by atoms with Crippen molar-refractivity contribution in [3.63, 3.8) is 0 Å². The van der Waals surface area contributed by atoms with E-state index in [9.17, 15) is 4.79 Å². The average Bonchev–Trinajstić information content (AvgIpc) is 2.95. The Hall–Kier alpha value is -1.22. The first-order valence-electron chi connectivity index (χ1n) is 6.43. The number of rotatable bonds is 10. The summed E-state index contributed by atoms with van der Waals surface area (Å²) < 4.78 is 5.05. The van der Waals surface area contributed by atoms with Gasteiger partial charge in [-0.25, -0.2) is 0 Å². The first kappa shape index (κ1) is 15.8. The third-order valence-electron chi connectivity index (χ3n) is 2.83. The van der Waals surface area contributed by atoms with Gasteiger partial charge in [-0.15, -0.1) is 11.3 Å². The van der Waals surface area contributed by atoms with Gasteiger partial charge in [0.1, 0.15) is 0 Å². The first-order chi connectivity index (χ1) is 9.27. The lowest BCUT2D eigenvalue weighted by molar-refractivity contribution is 0.0974. The molecule has 0 bridgehead atoms. The van der Waals surface area contributed by atoms with Crippen LogP contribution in [0.2, 0.25) is 0 Å². The Labute approximate surface area is 118 Å². The molecule has 0 amide bonds. The molecule has 1 heterocycles. The maximum atomic E-state index is 11.8. The van der Waals surface area contributed by atoms with Crippen LogP contribution in [-0.2, 0) is 4.74 Å². The summed E-state index contributed by atoms with van der Waals surface area (Å²) in [4.78, 5) is 14.8. The highest BCUT2D eigenvalue weighted by molar-refractivity contribution is 7.12. The number of ether oxygens (including phenoxy) is 1. The predicted octanol–water partition coefficient (Wildman–Crippen LogP) is 2.57. The van der Waals surface area contributed by atoms with Crippen LogP contribution in [0, 0.1) is 11.3 Å². The number of carbonyl (C=O) groups excluding carboxylic acids is 1. The van der Waals surface area contributed by atoms with Crippen molar-refractivity contribution >= 4 is 17.1 Å². The number of thiophene rings is 1. The molecule has 0 aliphatic rings. The summed E-state index contributed by atoms with van der Waals surface area (Å²) in [6.45, 7) is 3.05. The summed E-state index contributed by atoms with van der Waals surface area (Å²) in [5, 5.41) is 10.5. The van der Waals surface area contributed by atoms with E-state index >= 15 is 0 Å². The highest BCUT2D eigenvalue weighted by atomic mass is 32.1. The molecule has 0 atom stereocenters. The van der Waals surface area contributed by atoms with Crippen molar-refractivity contribution < 1.29 is 9.53 Å². The third kappa shape index (κ3) is 6.48. The Bertz CT molecular complexity index is 398. The standard InChI is InChI=1S/C14H20N2O2S/c1-18-11-10-16(9-4-7-15)8-2-5-13(17)14-6-3-12-19-14/h3,6,12H,2,4-5,8-11H2,1H3. The second-order valence-corrected chi connectivity index (χ2v) is 5.19. The average molecular weight is 280 g/mol. The summed E-state index contributed by atoms with van der Waals surface area (Å²) in [7, 11) is 1.67. The van der Waals surface area contributed by atoms with Crippen molar-refractivity contribution in [3.8, 4) is 6.07 Å². The molecule has 5 heteroatoms. The van der Waals surface area contributed by atoms with Crippen LogP contribution in [0.1, 0.15) is 28.9 Å². The van der Waals surface area contributed by atoms with E-state index in [1.807, 2.05) is 17.5 Å². The molecule has 4 nitrogen and oxygen atoms in total. The summed E-state index contributed by atoms with van der Waals surface area (Å²) in [5.41, 5.74) is 0. The maximum absolute atomic E-state index is 11.8. The molecule has 0 N–H and O–H groups in total. The Morgan fingerprint density at radius 1 is 1.47 bits per heavy atom. The minimum absolute atomic E-state index is 0.210. The molecule has 0 aliphatic carbocycles. The molecule has 1 rings (SSSR count). The second-order valence-electron chi connectivity index (χ2n) is 4.25. The SMILES string of the molecule is COCCN(CCC#N)CCCC(=O)c1cccs1. The van der Waals surface area contributed by atoms with E-state index in [1.54, 1.807) is 7.11 Å². The minimum atomic E-state index is 0.210. The van der Waals surface area contributed by atoms with E-state index in [2.05, 4.69) is 11.0 Å². The van der Waals surface area contributed by atoms with Gasteiger partial charge in [0.05, 0.1) is 17.6 Å². The molecule has 0 fully saturated rings. The Kier molecular flexibility index (Phi) is 8.07. The zero-order chi connectivity index (χ0) is 13.9. The van der Waals surface area contributed by atoms with Crippen LogP contribution in [-0.4, -0.2) is 44.0 Å². The van der Waals surface area contributed by atoms with Gasteiger partial charge in [0.2, 0.25) is 0 Å². The van der Waals surface area contributed by atoms with Crippen molar-refractivity contribution in [2.24, 2.45) is 0 Å². The van der Waals surface area contributed by atoms with E-state index in [0.29, 0.717) is 19.4 Å². The zero-order valence-corrected chi connectivity index (χ0v) is 12.1. The van der Waals surface area contributed by atoms with Gasteiger partial charge in [0.15, 0.2) is 5.78 Å². The van der Waals surface area contributed by atoms with E-state index in [4.69, 9.17) is 10.00 Å². The lowest BCUT2D eigenvalue weighted by atomic mass is 10.2. The fraction of sp³-hybridized carbons (Fsp3) is 0.571. The molecule has 0 unspecified atom stereocenters. The van der Waals surface area contributed by atoms with Crippen molar-refractivity contribution in [2.75, 3.05) is 33.4 Å². The number of hydrogen-bond acceptors (Lipinski definition) is 5. The molecular weight excluding hydrogens is 260 g/mol. The Morgan fingerprint density at radius 2 is 2.32 bits per heavy atom. The van der Waals surface area contributed by atoms with E-state index < -0.39 is 0 Å². The van der Waals surface area contributed by atoms with Gasteiger partial charge in [-0.05, 0) is 24.4 Å². The second kappa shape index (κ2) is 9.68. The van der Waals surface area contributed by atoms with Gasteiger partial charge < -0.3 is 9.64 Å². The number of hydrogen-bond donors (Lipinski definition) is 0. The maximum Gasteiger partial charge on any atom is 0.172 e. The fourth-order valence-electron chi connectivity index (χ4n) is 1.79.